The normalized spacial score (nSPS) is 10.1. The van der Waals surface area contributed by atoms with Crippen LogP contribution in [-0.4, -0.2) is 24.4 Å². The minimum absolute atomic E-state index is 0.114. The number of carbonyl (C=O) groups is 1. The Balaban J connectivity index is 2.81. The van der Waals surface area contributed by atoms with Gasteiger partial charge in [0.15, 0.2) is 0 Å². The van der Waals surface area contributed by atoms with Gasteiger partial charge in [-0.3, -0.25) is 4.79 Å². The summed E-state index contributed by atoms with van der Waals surface area (Å²) in [5, 5.41) is 0. The van der Waals surface area contributed by atoms with Gasteiger partial charge in [-0.25, -0.2) is 0 Å². The highest BCUT2D eigenvalue weighted by Crippen LogP contribution is 2.11. The van der Waals surface area contributed by atoms with E-state index < -0.39 is 0 Å². The number of nitrogens with zero attached hydrogens (tertiary/aromatic N) is 1. The lowest BCUT2D eigenvalue weighted by Crippen LogP contribution is -2.27. The van der Waals surface area contributed by atoms with Crippen LogP contribution in [0.4, 0.5) is 0 Å². The van der Waals surface area contributed by atoms with Gasteiger partial charge in [-0.2, -0.15) is 0 Å². The molecule has 82 valence electrons. The van der Waals surface area contributed by atoms with Gasteiger partial charge in [0.1, 0.15) is 0 Å². The van der Waals surface area contributed by atoms with Crippen molar-refractivity contribution in [2.75, 3.05) is 13.6 Å². The van der Waals surface area contributed by atoms with E-state index in [2.05, 4.69) is 29.5 Å². The van der Waals surface area contributed by atoms with Gasteiger partial charge in [0.25, 0.3) is 5.91 Å². The van der Waals surface area contributed by atoms with Gasteiger partial charge < -0.3 is 4.90 Å². The van der Waals surface area contributed by atoms with Crippen LogP contribution in [0, 0.1) is 0 Å². The molecule has 0 spiro atoms. The van der Waals surface area contributed by atoms with Gasteiger partial charge in [-0.05, 0) is 24.1 Å². The molecule has 0 unspecified atom stereocenters. The Morgan fingerprint density at radius 1 is 1.47 bits per heavy atom. The number of halogens is 1. The molecule has 0 aliphatic rings. The van der Waals surface area contributed by atoms with Gasteiger partial charge in [-0.15, -0.1) is 0 Å². The van der Waals surface area contributed by atoms with E-state index in [0.29, 0.717) is 0 Å². The predicted molar refractivity (Wildman–Crippen MR) is 71.4 cm³/mol. The predicted octanol–water partition coefficient (Wildman–Crippen LogP) is 3.10. The summed E-state index contributed by atoms with van der Waals surface area (Å²) < 4.78 is 0.941. The highest BCUT2D eigenvalue weighted by atomic mass is 127. The molecule has 1 aromatic carbocycles. The van der Waals surface area contributed by atoms with Gasteiger partial charge in [0, 0.05) is 23.6 Å². The number of hydrogen-bond donors (Lipinski definition) is 0. The third-order valence-electron chi connectivity index (χ3n) is 2.23. The fourth-order valence-corrected chi connectivity index (χ4v) is 1.92. The molecule has 3 heteroatoms. The summed E-state index contributed by atoms with van der Waals surface area (Å²) in [7, 11) is 1.85. The summed E-state index contributed by atoms with van der Waals surface area (Å²) in [5.74, 6) is 0.114. The smallest absolute Gasteiger partial charge is 0.253 e. The third kappa shape index (κ3) is 3.48. The molecule has 15 heavy (non-hydrogen) atoms. The van der Waals surface area contributed by atoms with Gasteiger partial charge in [-0.1, -0.05) is 41.6 Å². The van der Waals surface area contributed by atoms with E-state index in [1.54, 1.807) is 4.90 Å². The number of rotatable bonds is 4. The van der Waals surface area contributed by atoms with E-state index in [-0.39, 0.29) is 5.91 Å². The Labute approximate surface area is 105 Å². The molecule has 2 nitrogen and oxygen atoms in total. The molecule has 0 heterocycles. The van der Waals surface area contributed by atoms with Crippen molar-refractivity contribution in [1.82, 2.24) is 4.90 Å². The molecule has 0 bridgehead atoms. The van der Waals surface area contributed by atoms with Gasteiger partial charge in [0.2, 0.25) is 0 Å². The lowest BCUT2D eigenvalue weighted by atomic mass is 10.1. The van der Waals surface area contributed by atoms with Crippen molar-refractivity contribution in [3.8, 4) is 0 Å². The number of carbonyl (C=O) groups excluding carboxylic acids is 1. The summed E-state index contributed by atoms with van der Waals surface area (Å²) in [6.07, 6.45) is 0.994. The van der Waals surface area contributed by atoms with E-state index >= 15 is 0 Å². The maximum Gasteiger partial charge on any atom is 0.253 e. The molecular formula is C12H16INO. The molecule has 0 N–H and O–H groups in total. The van der Waals surface area contributed by atoms with Crippen molar-refractivity contribution in [1.29, 1.82) is 0 Å². The zero-order valence-electron chi connectivity index (χ0n) is 9.16. The zero-order valence-corrected chi connectivity index (χ0v) is 11.3. The number of amides is 1. The van der Waals surface area contributed by atoms with Crippen LogP contribution < -0.4 is 0 Å². The van der Waals surface area contributed by atoms with Crippen molar-refractivity contribution >= 4 is 28.5 Å². The second kappa shape index (κ2) is 6.10. The van der Waals surface area contributed by atoms with Crippen molar-refractivity contribution in [2.24, 2.45) is 0 Å². The topological polar surface area (TPSA) is 20.3 Å². The molecule has 0 saturated carbocycles. The average molecular weight is 317 g/mol. The first-order valence-electron chi connectivity index (χ1n) is 5.09. The first-order chi connectivity index (χ1) is 7.19. The van der Waals surface area contributed by atoms with Gasteiger partial charge in [0.05, 0.1) is 0 Å². The van der Waals surface area contributed by atoms with Crippen molar-refractivity contribution < 1.29 is 4.79 Å². The lowest BCUT2D eigenvalue weighted by molar-refractivity contribution is 0.0795. The highest BCUT2D eigenvalue weighted by Gasteiger charge is 2.10. The molecule has 1 rings (SSSR count). The van der Waals surface area contributed by atoms with Crippen LogP contribution in [0.1, 0.15) is 29.3 Å². The van der Waals surface area contributed by atoms with Crippen molar-refractivity contribution in [3.05, 3.63) is 35.4 Å². The number of hydrogen-bond acceptors (Lipinski definition) is 1. The largest absolute Gasteiger partial charge is 0.342 e. The van der Waals surface area contributed by atoms with Crippen molar-refractivity contribution in [2.45, 2.75) is 17.8 Å². The quantitative estimate of drug-likeness (QED) is 0.617. The second-order valence-corrected chi connectivity index (χ2v) is 4.32. The maximum absolute atomic E-state index is 11.9. The summed E-state index contributed by atoms with van der Waals surface area (Å²) >= 11 is 2.30. The monoisotopic (exact) mass is 317 g/mol. The molecule has 0 aliphatic heterocycles. The van der Waals surface area contributed by atoms with Crippen LogP contribution in [0.25, 0.3) is 0 Å². The summed E-state index contributed by atoms with van der Waals surface area (Å²) in [6, 6.07) is 7.84. The fraction of sp³-hybridized carbons (Fsp3) is 0.417. The molecular weight excluding hydrogens is 301 g/mol. The maximum atomic E-state index is 11.9. The molecule has 0 fully saturated rings. The Hall–Kier alpha value is -0.580. The van der Waals surface area contributed by atoms with Crippen LogP contribution in [0.2, 0.25) is 0 Å². The number of alkyl halides is 1. The van der Waals surface area contributed by atoms with E-state index in [9.17, 15) is 4.79 Å². The molecule has 0 aromatic heterocycles. The standard InChI is InChI=1S/C12H16INO/c1-3-7-14(2)12(15)11-6-4-5-10(8-11)9-13/h4-6,8H,3,7,9H2,1-2H3. The van der Waals surface area contributed by atoms with E-state index in [4.69, 9.17) is 0 Å². The second-order valence-electron chi connectivity index (χ2n) is 3.56. The molecule has 1 amide bonds. The Morgan fingerprint density at radius 3 is 2.80 bits per heavy atom. The summed E-state index contributed by atoms with van der Waals surface area (Å²) in [5.41, 5.74) is 1.99. The average Bonchev–Trinajstić information content (AvgIpc) is 2.28. The fourth-order valence-electron chi connectivity index (χ4n) is 1.44. The van der Waals surface area contributed by atoms with Gasteiger partial charge >= 0.3 is 0 Å². The molecule has 0 radical (unpaired) electrons. The first kappa shape index (κ1) is 12.5. The van der Waals surface area contributed by atoms with Crippen LogP contribution >= 0.6 is 22.6 Å². The molecule has 0 saturated heterocycles. The highest BCUT2D eigenvalue weighted by molar-refractivity contribution is 14.1. The molecule has 1 aromatic rings. The lowest BCUT2D eigenvalue weighted by Gasteiger charge is -2.16. The SMILES string of the molecule is CCCN(C)C(=O)c1cccc(CI)c1. The summed E-state index contributed by atoms with van der Waals surface area (Å²) in [6.45, 7) is 2.89. The van der Waals surface area contributed by atoms with Crippen LogP contribution in [-0.2, 0) is 4.43 Å². The minimum atomic E-state index is 0.114. The van der Waals surface area contributed by atoms with E-state index in [1.807, 2.05) is 31.3 Å². The molecule has 0 atom stereocenters. The third-order valence-corrected chi connectivity index (χ3v) is 3.11. The Morgan fingerprint density at radius 2 is 2.20 bits per heavy atom. The minimum Gasteiger partial charge on any atom is -0.342 e. The Kier molecular flexibility index (Phi) is 5.08. The van der Waals surface area contributed by atoms with Crippen LogP contribution in [0.15, 0.2) is 24.3 Å². The van der Waals surface area contributed by atoms with Crippen molar-refractivity contribution in [3.63, 3.8) is 0 Å². The number of benzene rings is 1. The summed E-state index contributed by atoms with van der Waals surface area (Å²) in [4.78, 5) is 13.7. The van der Waals surface area contributed by atoms with Crippen LogP contribution in [0.3, 0.4) is 0 Å². The van der Waals surface area contributed by atoms with E-state index in [0.717, 1.165) is 23.0 Å². The zero-order chi connectivity index (χ0) is 11.3. The van der Waals surface area contributed by atoms with Crippen LogP contribution in [0.5, 0.6) is 0 Å². The van der Waals surface area contributed by atoms with E-state index in [1.165, 1.54) is 5.56 Å². The molecule has 0 aliphatic carbocycles. The first-order valence-corrected chi connectivity index (χ1v) is 6.62. The Bertz CT molecular complexity index is 338.